The van der Waals surface area contributed by atoms with Gasteiger partial charge in [0.1, 0.15) is 0 Å². The zero-order valence-corrected chi connectivity index (χ0v) is 16.9. The third-order valence-corrected chi connectivity index (χ3v) is 5.24. The van der Waals surface area contributed by atoms with Crippen LogP contribution in [-0.2, 0) is 0 Å². The Kier molecular flexibility index (Phi) is 19.8. The second-order valence-electron chi connectivity index (χ2n) is 6.03. The summed E-state index contributed by atoms with van der Waals surface area (Å²) in [6.07, 6.45) is 23.7. The van der Waals surface area contributed by atoms with Gasteiger partial charge >= 0.3 is 99.5 Å². The SMILES string of the molecule is CCCCCCCCCCCCCCCCC[CH2][Bi]. The van der Waals surface area contributed by atoms with Gasteiger partial charge in [-0.1, -0.05) is 39.0 Å². The van der Waals surface area contributed by atoms with Crippen LogP contribution in [0.25, 0.3) is 0 Å². The Morgan fingerprint density at radius 2 is 0.684 bits per heavy atom. The molecule has 0 unspecified atom stereocenters. The van der Waals surface area contributed by atoms with Crippen molar-refractivity contribution in [2.24, 2.45) is 0 Å². The summed E-state index contributed by atoms with van der Waals surface area (Å²) in [5.41, 5.74) is 0. The fourth-order valence-electron chi connectivity index (χ4n) is 2.66. The average Bonchev–Trinajstić information content (AvgIpc) is 2.43. The molecule has 0 saturated carbocycles. The van der Waals surface area contributed by atoms with Crippen molar-refractivity contribution in [3.63, 3.8) is 0 Å². The van der Waals surface area contributed by atoms with Gasteiger partial charge in [-0.3, -0.25) is 0 Å². The van der Waals surface area contributed by atoms with E-state index >= 15 is 0 Å². The molecule has 0 fully saturated rings. The third kappa shape index (κ3) is 18.9. The Morgan fingerprint density at radius 3 is 0.947 bits per heavy atom. The third-order valence-electron chi connectivity index (χ3n) is 4.01. The number of hydrogen-bond acceptors (Lipinski definition) is 0. The first-order valence-electron chi connectivity index (χ1n) is 9.02. The molecule has 0 heterocycles. The summed E-state index contributed by atoms with van der Waals surface area (Å²) < 4.78 is 1.48. The average molecular weight is 462 g/mol. The molecule has 0 aliphatic rings. The topological polar surface area (TPSA) is 0 Å². The van der Waals surface area contributed by atoms with Crippen LogP contribution < -0.4 is 0 Å². The molecular weight excluding hydrogens is 425 g/mol. The molecule has 2 radical (unpaired) electrons. The molecule has 0 rings (SSSR count). The Morgan fingerprint density at radius 1 is 0.421 bits per heavy atom. The second-order valence-corrected chi connectivity index (χ2v) is 7.77. The van der Waals surface area contributed by atoms with Crippen molar-refractivity contribution in [3.05, 3.63) is 0 Å². The number of hydrogen-bond donors (Lipinski definition) is 0. The molecule has 0 aliphatic carbocycles. The van der Waals surface area contributed by atoms with Crippen molar-refractivity contribution < 1.29 is 0 Å². The van der Waals surface area contributed by atoms with E-state index in [9.17, 15) is 0 Å². The van der Waals surface area contributed by atoms with E-state index in [1.54, 1.807) is 24.7 Å². The van der Waals surface area contributed by atoms with Crippen molar-refractivity contribution in [1.82, 2.24) is 0 Å². The molecule has 0 aromatic rings. The minimum atomic E-state index is 1.37. The molecular formula is C18H37Bi. The van der Waals surface area contributed by atoms with Crippen LogP contribution in [0.1, 0.15) is 110 Å². The molecule has 1 heteroatoms. The predicted octanol–water partition coefficient (Wildman–Crippen LogP) is 6.83. The molecule has 0 amide bonds. The van der Waals surface area contributed by atoms with E-state index in [0.717, 1.165) is 0 Å². The van der Waals surface area contributed by atoms with Gasteiger partial charge < -0.3 is 0 Å². The molecule has 0 spiro atoms. The first-order valence-corrected chi connectivity index (χ1v) is 11.5. The van der Waals surface area contributed by atoms with Gasteiger partial charge in [0, 0.05) is 0 Å². The fourth-order valence-corrected chi connectivity index (χ4v) is 3.53. The van der Waals surface area contributed by atoms with E-state index in [2.05, 4.69) is 6.92 Å². The molecule has 0 aromatic heterocycles. The van der Waals surface area contributed by atoms with Gasteiger partial charge in [0.2, 0.25) is 0 Å². The van der Waals surface area contributed by atoms with Gasteiger partial charge in [0.15, 0.2) is 0 Å². The normalized spacial score (nSPS) is 11.1. The van der Waals surface area contributed by atoms with Crippen molar-refractivity contribution in [3.8, 4) is 0 Å². The monoisotopic (exact) mass is 462 g/mol. The molecule has 0 nitrogen and oxygen atoms in total. The number of unbranched alkanes of at least 4 members (excludes halogenated alkanes) is 15. The van der Waals surface area contributed by atoms with Crippen LogP contribution in [0.2, 0.25) is 4.13 Å². The zero-order chi connectivity index (χ0) is 14.0. The molecule has 0 N–H and O–H groups in total. The molecule has 0 bridgehead atoms. The van der Waals surface area contributed by atoms with Crippen LogP contribution in [0.4, 0.5) is 0 Å². The first-order chi connectivity index (χ1) is 9.41. The minimum absolute atomic E-state index is 1.37. The van der Waals surface area contributed by atoms with Gasteiger partial charge in [0.25, 0.3) is 0 Å². The summed E-state index contributed by atoms with van der Waals surface area (Å²) in [7, 11) is 0. The summed E-state index contributed by atoms with van der Waals surface area (Å²) in [6, 6.07) is 0. The van der Waals surface area contributed by atoms with E-state index in [1.165, 1.54) is 107 Å². The molecule has 19 heavy (non-hydrogen) atoms. The predicted molar refractivity (Wildman–Crippen MR) is 90.1 cm³/mol. The summed E-state index contributed by atoms with van der Waals surface area (Å²) in [5.74, 6) is 0. The molecule has 0 saturated heterocycles. The van der Waals surface area contributed by atoms with Crippen molar-refractivity contribution in [2.45, 2.75) is 114 Å². The first kappa shape index (κ1) is 19.9. The Hall–Kier alpha value is 0.883. The Bertz CT molecular complexity index is 129. The van der Waals surface area contributed by atoms with Crippen LogP contribution in [0.5, 0.6) is 0 Å². The Balaban J connectivity index is 2.88. The van der Waals surface area contributed by atoms with Crippen LogP contribution in [0.3, 0.4) is 0 Å². The molecule has 0 aromatic carbocycles. The van der Waals surface area contributed by atoms with Gasteiger partial charge in [-0.15, -0.1) is 0 Å². The summed E-state index contributed by atoms with van der Waals surface area (Å²) >= 11 is 1.59. The van der Waals surface area contributed by atoms with Crippen molar-refractivity contribution in [1.29, 1.82) is 0 Å². The maximum atomic E-state index is 2.30. The standard InChI is InChI=1S/C18H37.Bi/c1-3-5-7-9-11-13-15-17-18-16-14-12-10-8-6-4-2;/h1,3-18H2,2H3;. The van der Waals surface area contributed by atoms with Crippen LogP contribution in [-0.4, -0.2) is 24.7 Å². The van der Waals surface area contributed by atoms with Crippen LogP contribution >= 0.6 is 0 Å². The Labute approximate surface area is 138 Å². The second kappa shape index (κ2) is 18.9. The zero-order valence-electron chi connectivity index (χ0n) is 13.5. The van der Waals surface area contributed by atoms with Gasteiger partial charge in [-0.05, 0) is 0 Å². The van der Waals surface area contributed by atoms with E-state index < -0.39 is 0 Å². The van der Waals surface area contributed by atoms with Gasteiger partial charge in [-0.2, -0.15) is 0 Å². The van der Waals surface area contributed by atoms with Crippen LogP contribution in [0, 0.1) is 0 Å². The van der Waals surface area contributed by atoms with Crippen molar-refractivity contribution in [2.75, 3.05) is 0 Å². The van der Waals surface area contributed by atoms with Gasteiger partial charge in [0.05, 0.1) is 0 Å². The molecule has 0 atom stereocenters. The summed E-state index contributed by atoms with van der Waals surface area (Å²) in [6.45, 7) is 2.30. The van der Waals surface area contributed by atoms with Crippen molar-refractivity contribution >= 4 is 24.7 Å². The summed E-state index contributed by atoms with van der Waals surface area (Å²) in [4.78, 5) is 0. The van der Waals surface area contributed by atoms with E-state index in [1.807, 2.05) is 0 Å². The fraction of sp³-hybridized carbons (Fsp3) is 1.00. The number of rotatable bonds is 16. The van der Waals surface area contributed by atoms with E-state index in [4.69, 9.17) is 0 Å². The van der Waals surface area contributed by atoms with Crippen LogP contribution in [0.15, 0.2) is 0 Å². The van der Waals surface area contributed by atoms with E-state index in [0.29, 0.717) is 0 Å². The molecule has 0 aliphatic heterocycles. The molecule has 114 valence electrons. The summed E-state index contributed by atoms with van der Waals surface area (Å²) in [5, 5.41) is 0. The maximum absolute atomic E-state index is 2.30. The van der Waals surface area contributed by atoms with E-state index in [-0.39, 0.29) is 0 Å². The van der Waals surface area contributed by atoms with Gasteiger partial charge in [-0.25, -0.2) is 0 Å². The quantitative estimate of drug-likeness (QED) is 0.174.